The zero-order valence-electron chi connectivity index (χ0n) is 8.62. The van der Waals surface area contributed by atoms with Crippen LogP contribution in [-0.4, -0.2) is 13.3 Å². The van der Waals surface area contributed by atoms with Crippen LogP contribution in [-0.2, 0) is 0 Å². The number of aliphatic imine (C=N–C) groups is 1. The average Bonchev–Trinajstić information content (AvgIpc) is 2.20. The molecule has 0 atom stereocenters. The molecule has 0 bridgehead atoms. The van der Waals surface area contributed by atoms with Gasteiger partial charge >= 0.3 is 0 Å². The van der Waals surface area contributed by atoms with E-state index in [1.54, 1.807) is 13.3 Å². The van der Waals surface area contributed by atoms with Gasteiger partial charge in [0.25, 0.3) is 0 Å². The Morgan fingerprint density at radius 1 is 1.23 bits per heavy atom. The third kappa shape index (κ3) is 4.26. The molecule has 0 saturated carbocycles. The molecule has 0 radical (unpaired) electrons. The zero-order valence-corrected chi connectivity index (χ0v) is 8.62. The van der Waals surface area contributed by atoms with E-state index in [4.69, 9.17) is 0 Å². The Labute approximate surface area is 80.1 Å². The Bertz CT molecular complexity index is 350. The van der Waals surface area contributed by atoms with Gasteiger partial charge in [-0.1, -0.05) is 44.7 Å². The minimum atomic E-state index is 1.03. The molecule has 1 aromatic rings. The standard InChI is InChI=1S/C10H11N.C2H6/c1-9-5-3-4-6-10(9)7-8-11-2;1-2/h3-8H,1H2,2H3;1-2H3/b10-7-,11-8?;. The Balaban J connectivity index is 0.000000671. The van der Waals surface area contributed by atoms with Gasteiger partial charge < -0.3 is 0 Å². The second-order valence-corrected chi connectivity index (χ2v) is 2.27. The molecule has 0 aliphatic rings. The van der Waals surface area contributed by atoms with Gasteiger partial charge in [0.05, 0.1) is 0 Å². The molecule has 0 heterocycles. The number of nitrogens with zero attached hydrogens (tertiary/aromatic N) is 1. The van der Waals surface area contributed by atoms with Crippen LogP contribution in [0.15, 0.2) is 29.3 Å². The Morgan fingerprint density at radius 3 is 2.38 bits per heavy atom. The molecule has 70 valence electrons. The van der Waals surface area contributed by atoms with Crippen LogP contribution in [0.3, 0.4) is 0 Å². The van der Waals surface area contributed by atoms with E-state index in [9.17, 15) is 0 Å². The normalized spacial score (nSPS) is 11.2. The third-order valence-electron chi connectivity index (χ3n) is 1.46. The molecule has 0 aliphatic heterocycles. The topological polar surface area (TPSA) is 12.4 Å². The highest BCUT2D eigenvalue weighted by atomic mass is 14.6. The van der Waals surface area contributed by atoms with Gasteiger partial charge in [-0.3, -0.25) is 4.99 Å². The average molecular weight is 175 g/mol. The largest absolute Gasteiger partial charge is 0.296 e. The van der Waals surface area contributed by atoms with Crippen molar-refractivity contribution >= 4 is 18.9 Å². The maximum absolute atomic E-state index is 3.88. The van der Waals surface area contributed by atoms with Crippen LogP contribution in [0.2, 0.25) is 0 Å². The van der Waals surface area contributed by atoms with E-state index in [0.717, 1.165) is 10.4 Å². The van der Waals surface area contributed by atoms with Gasteiger partial charge in [-0.25, -0.2) is 0 Å². The van der Waals surface area contributed by atoms with Gasteiger partial charge in [0.1, 0.15) is 0 Å². The van der Waals surface area contributed by atoms with Crippen LogP contribution < -0.4 is 10.4 Å². The lowest BCUT2D eigenvalue weighted by molar-refractivity contribution is 1.48. The summed E-state index contributed by atoms with van der Waals surface area (Å²) in [6.07, 6.45) is 3.71. The zero-order chi connectivity index (χ0) is 10.1. The Hall–Kier alpha value is -1.37. The molecule has 0 aromatic heterocycles. The van der Waals surface area contributed by atoms with Crippen molar-refractivity contribution in [1.82, 2.24) is 0 Å². The fourth-order valence-corrected chi connectivity index (χ4v) is 0.852. The highest BCUT2D eigenvalue weighted by Crippen LogP contribution is 1.69. The molecule has 0 spiro atoms. The molecule has 1 nitrogen and oxygen atoms in total. The SMILES string of the molecule is C=c1cccc/c1=C/C=NC.CC. The summed E-state index contributed by atoms with van der Waals surface area (Å²) in [7, 11) is 1.75. The minimum Gasteiger partial charge on any atom is -0.296 e. The number of hydrogen-bond acceptors (Lipinski definition) is 1. The van der Waals surface area contributed by atoms with E-state index in [-0.39, 0.29) is 0 Å². The maximum Gasteiger partial charge on any atom is 0.0277 e. The predicted octanol–water partition coefficient (Wildman–Crippen LogP) is 1.60. The lowest BCUT2D eigenvalue weighted by Crippen LogP contribution is -2.21. The fraction of sp³-hybridized carbons (Fsp3) is 0.250. The van der Waals surface area contributed by atoms with Crippen molar-refractivity contribution in [2.45, 2.75) is 13.8 Å². The molecule has 1 rings (SSSR count). The van der Waals surface area contributed by atoms with E-state index < -0.39 is 0 Å². The van der Waals surface area contributed by atoms with Crippen LogP contribution in [0.1, 0.15) is 13.8 Å². The van der Waals surface area contributed by atoms with Crippen molar-refractivity contribution in [2.24, 2.45) is 4.99 Å². The van der Waals surface area contributed by atoms with E-state index in [2.05, 4.69) is 11.6 Å². The first-order valence-electron chi connectivity index (χ1n) is 4.51. The summed E-state index contributed by atoms with van der Waals surface area (Å²) in [5, 5.41) is 2.16. The van der Waals surface area contributed by atoms with E-state index in [1.165, 1.54) is 0 Å². The summed E-state index contributed by atoms with van der Waals surface area (Å²) in [6.45, 7) is 7.88. The van der Waals surface area contributed by atoms with Crippen molar-refractivity contribution in [3.05, 3.63) is 34.7 Å². The van der Waals surface area contributed by atoms with Gasteiger partial charge in [-0.2, -0.15) is 0 Å². The Kier molecular flexibility index (Phi) is 6.52. The van der Waals surface area contributed by atoms with Crippen molar-refractivity contribution in [3.63, 3.8) is 0 Å². The smallest absolute Gasteiger partial charge is 0.0277 e. The molecule has 0 N–H and O–H groups in total. The summed E-state index contributed by atoms with van der Waals surface area (Å²) in [4.78, 5) is 3.86. The first-order chi connectivity index (χ1) is 6.34. The summed E-state index contributed by atoms with van der Waals surface area (Å²) < 4.78 is 0. The first-order valence-corrected chi connectivity index (χ1v) is 4.51. The molecule has 0 fully saturated rings. The van der Waals surface area contributed by atoms with Gasteiger partial charge in [-0.05, 0) is 16.5 Å². The van der Waals surface area contributed by atoms with Crippen LogP contribution in [0.4, 0.5) is 0 Å². The monoisotopic (exact) mass is 175 g/mol. The lowest BCUT2D eigenvalue weighted by Gasteiger charge is -1.83. The summed E-state index contributed by atoms with van der Waals surface area (Å²) in [5.41, 5.74) is 0. The molecule has 13 heavy (non-hydrogen) atoms. The Morgan fingerprint density at radius 2 is 1.85 bits per heavy atom. The molecular weight excluding hydrogens is 158 g/mol. The van der Waals surface area contributed by atoms with Gasteiger partial charge in [0, 0.05) is 13.3 Å². The number of rotatable bonds is 1. The molecule has 0 saturated heterocycles. The lowest BCUT2D eigenvalue weighted by atomic mass is 10.2. The van der Waals surface area contributed by atoms with Crippen LogP contribution in [0.5, 0.6) is 0 Å². The van der Waals surface area contributed by atoms with E-state index >= 15 is 0 Å². The minimum absolute atomic E-state index is 1.03. The summed E-state index contributed by atoms with van der Waals surface area (Å²) >= 11 is 0. The van der Waals surface area contributed by atoms with Gasteiger partial charge in [0.2, 0.25) is 0 Å². The van der Waals surface area contributed by atoms with Crippen molar-refractivity contribution < 1.29 is 0 Å². The highest BCUT2D eigenvalue weighted by molar-refractivity contribution is 5.90. The quantitative estimate of drug-likeness (QED) is 0.575. The molecule has 0 unspecified atom stereocenters. The fourth-order valence-electron chi connectivity index (χ4n) is 0.852. The maximum atomic E-state index is 3.88. The molecular formula is C12H17N. The van der Waals surface area contributed by atoms with Crippen molar-refractivity contribution in [3.8, 4) is 0 Å². The van der Waals surface area contributed by atoms with Crippen LogP contribution in [0, 0.1) is 0 Å². The second kappa shape index (κ2) is 7.29. The van der Waals surface area contributed by atoms with Crippen molar-refractivity contribution in [2.75, 3.05) is 7.05 Å². The molecule has 1 aromatic carbocycles. The van der Waals surface area contributed by atoms with Crippen LogP contribution in [0.25, 0.3) is 12.7 Å². The molecule has 0 aliphatic carbocycles. The summed E-state index contributed by atoms with van der Waals surface area (Å²) in [6, 6.07) is 7.96. The predicted molar refractivity (Wildman–Crippen MR) is 61.4 cm³/mol. The van der Waals surface area contributed by atoms with Crippen molar-refractivity contribution in [1.29, 1.82) is 0 Å². The molecule has 0 amide bonds. The van der Waals surface area contributed by atoms with E-state index in [1.807, 2.05) is 44.2 Å². The van der Waals surface area contributed by atoms with Crippen LogP contribution >= 0.6 is 0 Å². The number of hydrogen-bond donors (Lipinski definition) is 0. The number of benzene rings is 1. The van der Waals surface area contributed by atoms with E-state index in [0.29, 0.717) is 0 Å². The highest BCUT2D eigenvalue weighted by Gasteiger charge is 1.76. The third-order valence-corrected chi connectivity index (χ3v) is 1.46. The second-order valence-electron chi connectivity index (χ2n) is 2.27. The van der Waals surface area contributed by atoms with Gasteiger partial charge in [-0.15, -0.1) is 0 Å². The van der Waals surface area contributed by atoms with Gasteiger partial charge in [0.15, 0.2) is 0 Å². The first kappa shape index (κ1) is 11.6. The molecule has 1 heteroatoms. The summed E-state index contributed by atoms with van der Waals surface area (Å²) in [5.74, 6) is 0.